The van der Waals surface area contributed by atoms with Gasteiger partial charge in [0.1, 0.15) is 0 Å². The molecule has 0 fully saturated rings. The Hall–Kier alpha value is -2.29. The van der Waals surface area contributed by atoms with E-state index in [2.05, 4.69) is 23.5 Å². The molecule has 1 aliphatic carbocycles. The molecule has 0 radical (unpaired) electrons. The van der Waals surface area contributed by atoms with Crippen LogP contribution >= 0.6 is 0 Å². The van der Waals surface area contributed by atoms with Crippen LogP contribution in [0, 0.1) is 12.8 Å². The fraction of sp³-hybridized carbons (Fsp3) is 0.278. The molecular weight excluding hydrogens is 260 g/mol. The number of fused-ring (bicyclic) bond motifs is 1. The van der Waals surface area contributed by atoms with Gasteiger partial charge in [-0.2, -0.15) is 0 Å². The number of anilines is 2. The van der Waals surface area contributed by atoms with Gasteiger partial charge in [0.05, 0.1) is 11.4 Å². The van der Waals surface area contributed by atoms with Crippen LogP contribution < -0.4 is 11.1 Å². The van der Waals surface area contributed by atoms with Crippen LogP contribution in [-0.2, 0) is 17.6 Å². The molecule has 21 heavy (non-hydrogen) atoms. The van der Waals surface area contributed by atoms with Gasteiger partial charge in [0.25, 0.3) is 0 Å². The number of nitrogens with one attached hydrogen (secondary N) is 1. The van der Waals surface area contributed by atoms with E-state index in [1.807, 2.05) is 31.2 Å². The van der Waals surface area contributed by atoms with Crippen molar-refractivity contribution in [2.45, 2.75) is 26.2 Å². The van der Waals surface area contributed by atoms with Gasteiger partial charge in [0.15, 0.2) is 0 Å². The van der Waals surface area contributed by atoms with Gasteiger partial charge in [-0.3, -0.25) is 4.79 Å². The third-order valence-corrected chi connectivity index (χ3v) is 4.18. The van der Waals surface area contributed by atoms with E-state index in [1.165, 1.54) is 11.1 Å². The third-order valence-electron chi connectivity index (χ3n) is 4.18. The first-order valence-electron chi connectivity index (χ1n) is 7.37. The van der Waals surface area contributed by atoms with Crippen molar-refractivity contribution in [3.8, 4) is 0 Å². The molecule has 0 aliphatic heterocycles. The molecule has 1 amide bonds. The number of hydrogen-bond donors (Lipinski definition) is 2. The second kappa shape index (κ2) is 5.60. The van der Waals surface area contributed by atoms with Crippen molar-refractivity contribution >= 4 is 17.3 Å². The fourth-order valence-electron chi connectivity index (χ4n) is 2.95. The summed E-state index contributed by atoms with van der Waals surface area (Å²) in [6.45, 7) is 1.99. The Balaban J connectivity index is 1.72. The first-order chi connectivity index (χ1) is 10.1. The molecular formula is C18H20N2O. The second-order valence-electron chi connectivity index (χ2n) is 5.79. The minimum absolute atomic E-state index is 0.0283. The zero-order valence-corrected chi connectivity index (χ0v) is 12.2. The van der Waals surface area contributed by atoms with Crippen LogP contribution in [0.3, 0.4) is 0 Å². The van der Waals surface area contributed by atoms with Gasteiger partial charge >= 0.3 is 0 Å². The molecule has 3 nitrogen and oxygen atoms in total. The minimum atomic E-state index is 0.0283. The van der Waals surface area contributed by atoms with Crippen molar-refractivity contribution in [1.82, 2.24) is 0 Å². The van der Waals surface area contributed by atoms with Crippen LogP contribution in [0.1, 0.15) is 23.1 Å². The monoisotopic (exact) mass is 280 g/mol. The molecule has 1 atom stereocenters. The summed E-state index contributed by atoms with van der Waals surface area (Å²) in [7, 11) is 0. The normalized spacial score (nSPS) is 17.1. The lowest BCUT2D eigenvalue weighted by molar-refractivity contribution is -0.120. The standard InChI is InChI=1S/C18H20N2O/c1-12-6-9-17(16(19)10-12)20-18(21)15-8-7-13-4-2-3-5-14(13)11-15/h2-6,9-10,15H,7-8,11,19H2,1H3,(H,20,21). The van der Waals surface area contributed by atoms with Gasteiger partial charge in [-0.25, -0.2) is 0 Å². The molecule has 3 rings (SSSR count). The highest BCUT2D eigenvalue weighted by Crippen LogP contribution is 2.27. The van der Waals surface area contributed by atoms with Crippen LogP contribution in [0.2, 0.25) is 0 Å². The highest BCUT2D eigenvalue weighted by atomic mass is 16.1. The van der Waals surface area contributed by atoms with Gasteiger partial charge in [0.2, 0.25) is 5.91 Å². The van der Waals surface area contributed by atoms with Crippen molar-refractivity contribution in [2.24, 2.45) is 5.92 Å². The molecule has 3 heteroatoms. The molecule has 0 saturated heterocycles. The summed E-state index contributed by atoms with van der Waals surface area (Å²) in [5, 5.41) is 2.97. The predicted molar refractivity (Wildman–Crippen MR) is 86.2 cm³/mol. The molecule has 0 bridgehead atoms. The van der Waals surface area contributed by atoms with Crippen molar-refractivity contribution in [3.63, 3.8) is 0 Å². The zero-order chi connectivity index (χ0) is 14.8. The quantitative estimate of drug-likeness (QED) is 0.829. The van der Waals surface area contributed by atoms with Crippen molar-refractivity contribution in [1.29, 1.82) is 0 Å². The Morgan fingerprint density at radius 3 is 2.71 bits per heavy atom. The largest absolute Gasteiger partial charge is 0.397 e. The Morgan fingerprint density at radius 1 is 1.19 bits per heavy atom. The Bertz CT molecular complexity index is 679. The summed E-state index contributed by atoms with van der Waals surface area (Å²) >= 11 is 0. The number of nitrogens with two attached hydrogens (primary N) is 1. The molecule has 3 N–H and O–H groups in total. The maximum absolute atomic E-state index is 12.4. The molecule has 0 aromatic heterocycles. The van der Waals surface area contributed by atoms with Crippen LogP contribution in [0.25, 0.3) is 0 Å². The zero-order valence-electron chi connectivity index (χ0n) is 12.2. The van der Waals surface area contributed by atoms with E-state index in [1.54, 1.807) is 0 Å². The van der Waals surface area contributed by atoms with E-state index >= 15 is 0 Å². The number of nitrogen functional groups attached to an aromatic ring is 1. The van der Waals surface area contributed by atoms with Crippen LogP contribution in [0.4, 0.5) is 11.4 Å². The number of carbonyl (C=O) groups is 1. The fourth-order valence-corrected chi connectivity index (χ4v) is 2.95. The summed E-state index contributed by atoms with van der Waals surface area (Å²) < 4.78 is 0. The average molecular weight is 280 g/mol. The van der Waals surface area contributed by atoms with Crippen LogP contribution in [-0.4, -0.2) is 5.91 Å². The van der Waals surface area contributed by atoms with E-state index in [-0.39, 0.29) is 11.8 Å². The average Bonchev–Trinajstić information content (AvgIpc) is 2.49. The Morgan fingerprint density at radius 2 is 1.95 bits per heavy atom. The molecule has 1 unspecified atom stereocenters. The van der Waals surface area contributed by atoms with Crippen molar-refractivity contribution in [3.05, 3.63) is 59.2 Å². The van der Waals surface area contributed by atoms with Crippen molar-refractivity contribution < 1.29 is 4.79 Å². The number of rotatable bonds is 2. The number of hydrogen-bond acceptors (Lipinski definition) is 2. The number of amides is 1. The molecule has 2 aromatic carbocycles. The van der Waals surface area contributed by atoms with E-state index in [4.69, 9.17) is 5.73 Å². The maximum atomic E-state index is 12.4. The summed E-state index contributed by atoms with van der Waals surface area (Å²) in [6.07, 6.45) is 2.68. The Labute approximate surface area is 125 Å². The van der Waals surface area contributed by atoms with Gasteiger partial charge in [0, 0.05) is 5.92 Å². The topological polar surface area (TPSA) is 55.1 Å². The minimum Gasteiger partial charge on any atom is -0.397 e. The van der Waals surface area contributed by atoms with Gasteiger partial charge in [-0.15, -0.1) is 0 Å². The summed E-state index contributed by atoms with van der Waals surface area (Å²) in [4.78, 5) is 12.4. The highest BCUT2D eigenvalue weighted by Gasteiger charge is 2.24. The smallest absolute Gasteiger partial charge is 0.227 e. The summed E-state index contributed by atoms with van der Waals surface area (Å²) in [5.74, 6) is 0.0978. The van der Waals surface area contributed by atoms with Gasteiger partial charge < -0.3 is 11.1 Å². The van der Waals surface area contributed by atoms with Crippen LogP contribution in [0.5, 0.6) is 0 Å². The number of aryl methyl sites for hydroxylation is 2. The first kappa shape index (κ1) is 13.7. The SMILES string of the molecule is Cc1ccc(NC(=O)C2CCc3ccccc3C2)c(N)c1. The van der Waals surface area contributed by atoms with E-state index < -0.39 is 0 Å². The second-order valence-corrected chi connectivity index (χ2v) is 5.79. The lowest BCUT2D eigenvalue weighted by Crippen LogP contribution is -2.28. The predicted octanol–water partition coefficient (Wildman–Crippen LogP) is 3.32. The molecule has 1 aliphatic rings. The maximum Gasteiger partial charge on any atom is 0.227 e. The molecule has 0 spiro atoms. The van der Waals surface area contributed by atoms with E-state index in [0.29, 0.717) is 11.4 Å². The summed E-state index contributed by atoms with van der Waals surface area (Å²) in [6, 6.07) is 14.1. The molecule has 108 valence electrons. The molecule has 2 aromatic rings. The first-order valence-corrected chi connectivity index (χ1v) is 7.37. The third kappa shape index (κ3) is 2.92. The summed E-state index contributed by atoms with van der Waals surface area (Å²) in [5.41, 5.74) is 11.1. The van der Waals surface area contributed by atoms with Crippen molar-refractivity contribution in [2.75, 3.05) is 11.1 Å². The highest BCUT2D eigenvalue weighted by molar-refractivity contribution is 5.95. The van der Waals surface area contributed by atoms with Gasteiger partial charge in [-0.05, 0) is 55.0 Å². The Kier molecular flexibility index (Phi) is 3.65. The van der Waals surface area contributed by atoms with Crippen LogP contribution in [0.15, 0.2) is 42.5 Å². The van der Waals surface area contributed by atoms with E-state index in [0.717, 1.165) is 24.8 Å². The lowest BCUT2D eigenvalue weighted by atomic mass is 9.83. The number of carbonyl (C=O) groups excluding carboxylic acids is 1. The van der Waals surface area contributed by atoms with Gasteiger partial charge in [-0.1, -0.05) is 30.3 Å². The lowest BCUT2D eigenvalue weighted by Gasteiger charge is -2.24. The molecule has 0 saturated carbocycles. The van der Waals surface area contributed by atoms with E-state index in [9.17, 15) is 4.79 Å². The molecule has 0 heterocycles. The number of benzene rings is 2.